The van der Waals surface area contributed by atoms with E-state index in [9.17, 15) is 4.79 Å². The quantitative estimate of drug-likeness (QED) is 0.625. The number of fused-ring (bicyclic) bond motifs is 1. The second-order valence-corrected chi connectivity index (χ2v) is 7.75. The van der Waals surface area contributed by atoms with Crippen LogP contribution in [0.15, 0.2) is 30.5 Å². The molecule has 156 valence electrons. The molecule has 10 heteroatoms. The number of amides is 1. The Bertz CT molecular complexity index is 1050. The van der Waals surface area contributed by atoms with E-state index in [0.29, 0.717) is 30.1 Å². The van der Waals surface area contributed by atoms with Gasteiger partial charge in [0, 0.05) is 18.4 Å². The minimum Gasteiger partial charge on any atom is -0.488 e. The van der Waals surface area contributed by atoms with Gasteiger partial charge in [-0.3, -0.25) is 4.79 Å². The van der Waals surface area contributed by atoms with Gasteiger partial charge in [0.2, 0.25) is 11.9 Å². The number of hydrogen-bond acceptors (Lipinski definition) is 8. The van der Waals surface area contributed by atoms with Crippen LogP contribution in [0, 0.1) is 5.92 Å². The number of hydrogen-bond donors (Lipinski definition) is 2. The highest BCUT2D eigenvalue weighted by Gasteiger charge is 2.29. The predicted molar refractivity (Wildman–Crippen MR) is 108 cm³/mol. The van der Waals surface area contributed by atoms with Crippen LogP contribution in [0.2, 0.25) is 0 Å². The maximum absolute atomic E-state index is 11.4. The first-order valence-electron chi connectivity index (χ1n) is 10.1. The summed E-state index contributed by atoms with van der Waals surface area (Å²) in [5, 5.41) is 11.7. The average Bonchev–Trinajstić information content (AvgIpc) is 3.49. The number of rotatable bonds is 6. The van der Waals surface area contributed by atoms with Crippen molar-refractivity contribution in [2.45, 2.75) is 37.8 Å². The number of primary amides is 1. The summed E-state index contributed by atoms with van der Waals surface area (Å²) < 4.78 is 12.9. The fourth-order valence-electron chi connectivity index (χ4n) is 3.99. The summed E-state index contributed by atoms with van der Waals surface area (Å²) >= 11 is 0. The van der Waals surface area contributed by atoms with Gasteiger partial charge in [-0.1, -0.05) is 5.21 Å². The van der Waals surface area contributed by atoms with Crippen LogP contribution < -0.4 is 15.8 Å². The van der Waals surface area contributed by atoms with Crippen molar-refractivity contribution in [3.05, 3.63) is 30.5 Å². The molecule has 2 aliphatic rings. The van der Waals surface area contributed by atoms with Crippen LogP contribution >= 0.6 is 0 Å². The Morgan fingerprint density at radius 1 is 1.23 bits per heavy atom. The van der Waals surface area contributed by atoms with Crippen molar-refractivity contribution < 1.29 is 14.3 Å². The fourth-order valence-corrected chi connectivity index (χ4v) is 3.99. The molecule has 1 amide bonds. The molecule has 1 aliphatic heterocycles. The molecule has 3 aromatic rings. The zero-order valence-corrected chi connectivity index (χ0v) is 16.4. The number of nitrogens with one attached hydrogen (secondary N) is 1. The third kappa shape index (κ3) is 3.78. The Morgan fingerprint density at radius 2 is 2.10 bits per heavy atom. The Kier molecular flexibility index (Phi) is 4.91. The van der Waals surface area contributed by atoms with Gasteiger partial charge in [0.15, 0.2) is 11.2 Å². The van der Waals surface area contributed by atoms with Gasteiger partial charge >= 0.3 is 0 Å². The van der Waals surface area contributed by atoms with Crippen LogP contribution in [0.25, 0.3) is 16.9 Å². The summed E-state index contributed by atoms with van der Waals surface area (Å²) in [6.45, 7) is 1.37. The lowest BCUT2D eigenvalue weighted by Crippen LogP contribution is -2.23. The molecule has 2 fully saturated rings. The van der Waals surface area contributed by atoms with Gasteiger partial charge in [0.05, 0.1) is 25.1 Å². The molecular weight excluding hydrogens is 386 g/mol. The first-order valence-corrected chi connectivity index (χ1v) is 10.1. The summed E-state index contributed by atoms with van der Waals surface area (Å²) in [7, 11) is 0. The highest BCUT2D eigenvalue weighted by molar-refractivity contribution is 5.77. The van der Waals surface area contributed by atoms with Crippen LogP contribution in [0.3, 0.4) is 0 Å². The van der Waals surface area contributed by atoms with Gasteiger partial charge in [-0.05, 0) is 43.5 Å². The standard InChI is InChI=1S/C20H23N7O3/c21-18(28)12-1-2-13(9-12)23-20-22-10-17-19(24-20)27(26-25-17)14-3-5-15(6-4-14)30-16-7-8-29-11-16/h3-6,10,12-13,16H,1-2,7-9,11H2,(H2,21,28)(H,22,23,24). The van der Waals surface area contributed by atoms with E-state index < -0.39 is 0 Å². The molecule has 0 radical (unpaired) electrons. The molecule has 3 atom stereocenters. The normalized spacial score (nSPS) is 23.7. The predicted octanol–water partition coefficient (Wildman–Crippen LogP) is 1.44. The van der Waals surface area contributed by atoms with Crippen molar-refractivity contribution in [3.8, 4) is 11.4 Å². The summed E-state index contributed by atoms with van der Waals surface area (Å²) in [4.78, 5) is 20.3. The molecular formula is C20H23N7O3. The number of benzene rings is 1. The van der Waals surface area contributed by atoms with Gasteiger partial charge in [-0.25, -0.2) is 4.98 Å². The SMILES string of the molecule is NC(=O)C1CCC(Nc2ncc3nnn(-c4ccc(OC5CCOC5)cc4)c3n2)C1. The largest absolute Gasteiger partial charge is 0.488 e. The molecule has 1 aromatic carbocycles. The summed E-state index contributed by atoms with van der Waals surface area (Å²) in [6.07, 6.45) is 5.00. The Balaban J connectivity index is 1.33. The van der Waals surface area contributed by atoms with E-state index in [1.54, 1.807) is 10.9 Å². The van der Waals surface area contributed by atoms with Crippen molar-refractivity contribution in [1.82, 2.24) is 25.0 Å². The van der Waals surface area contributed by atoms with Gasteiger partial charge in [-0.2, -0.15) is 9.67 Å². The number of nitrogens with zero attached hydrogens (tertiary/aromatic N) is 5. The molecule has 0 spiro atoms. The van der Waals surface area contributed by atoms with Crippen LogP contribution in [0.1, 0.15) is 25.7 Å². The van der Waals surface area contributed by atoms with Crippen LogP contribution in [-0.2, 0) is 9.53 Å². The molecule has 1 saturated carbocycles. The number of carbonyl (C=O) groups excluding carboxylic acids is 1. The van der Waals surface area contributed by atoms with Crippen molar-refractivity contribution in [3.63, 3.8) is 0 Å². The van der Waals surface area contributed by atoms with E-state index in [1.165, 1.54) is 0 Å². The summed E-state index contributed by atoms with van der Waals surface area (Å²) in [5.41, 5.74) is 7.46. The second kappa shape index (κ2) is 7.86. The first kappa shape index (κ1) is 18.7. The average molecular weight is 409 g/mol. The van der Waals surface area contributed by atoms with E-state index in [1.807, 2.05) is 24.3 Å². The summed E-state index contributed by atoms with van der Waals surface area (Å²) in [6, 6.07) is 7.78. The van der Waals surface area contributed by atoms with Gasteiger partial charge in [-0.15, -0.1) is 5.10 Å². The molecule has 1 aliphatic carbocycles. The lowest BCUT2D eigenvalue weighted by molar-refractivity contribution is -0.121. The molecule has 5 rings (SSSR count). The van der Waals surface area contributed by atoms with E-state index >= 15 is 0 Å². The highest BCUT2D eigenvalue weighted by atomic mass is 16.5. The Hall–Kier alpha value is -3.27. The number of aromatic nitrogens is 5. The lowest BCUT2D eigenvalue weighted by atomic mass is 10.1. The van der Waals surface area contributed by atoms with Crippen molar-refractivity contribution in [1.29, 1.82) is 0 Å². The van der Waals surface area contributed by atoms with Crippen molar-refractivity contribution in [2.75, 3.05) is 18.5 Å². The third-order valence-corrected chi connectivity index (χ3v) is 5.63. The molecule has 3 N–H and O–H groups in total. The number of ether oxygens (including phenoxy) is 2. The van der Waals surface area contributed by atoms with E-state index in [4.69, 9.17) is 15.2 Å². The minimum absolute atomic E-state index is 0.0880. The molecule has 3 heterocycles. The maximum Gasteiger partial charge on any atom is 0.225 e. The van der Waals surface area contributed by atoms with E-state index in [0.717, 1.165) is 37.3 Å². The van der Waals surface area contributed by atoms with Crippen molar-refractivity contribution >= 4 is 23.0 Å². The Labute approximate surface area is 172 Å². The first-order chi connectivity index (χ1) is 14.7. The van der Waals surface area contributed by atoms with E-state index in [2.05, 4.69) is 25.6 Å². The zero-order valence-electron chi connectivity index (χ0n) is 16.4. The zero-order chi connectivity index (χ0) is 20.5. The lowest BCUT2D eigenvalue weighted by Gasteiger charge is -2.13. The van der Waals surface area contributed by atoms with Crippen molar-refractivity contribution in [2.24, 2.45) is 11.7 Å². The van der Waals surface area contributed by atoms with Crippen LogP contribution in [0.4, 0.5) is 5.95 Å². The second-order valence-electron chi connectivity index (χ2n) is 7.75. The third-order valence-electron chi connectivity index (χ3n) is 5.63. The molecule has 10 nitrogen and oxygen atoms in total. The van der Waals surface area contributed by atoms with Crippen LogP contribution in [-0.4, -0.2) is 56.2 Å². The van der Waals surface area contributed by atoms with Crippen LogP contribution in [0.5, 0.6) is 5.75 Å². The number of nitrogens with two attached hydrogens (primary N) is 1. The Morgan fingerprint density at radius 3 is 2.83 bits per heavy atom. The highest BCUT2D eigenvalue weighted by Crippen LogP contribution is 2.27. The number of anilines is 1. The van der Waals surface area contributed by atoms with Gasteiger partial charge in [0.25, 0.3) is 0 Å². The van der Waals surface area contributed by atoms with Gasteiger partial charge < -0.3 is 20.5 Å². The van der Waals surface area contributed by atoms with E-state index in [-0.39, 0.29) is 24.0 Å². The monoisotopic (exact) mass is 409 g/mol. The molecule has 2 aromatic heterocycles. The minimum atomic E-state index is -0.245. The summed E-state index contributed by atoms with van der Waals surface area (Å²) in [5.74, 6) is 0.948. The molecule has 1 saturated heterocycles. The molecule has 30 heavy (non-hydrogen) atoms. The molecule has 0 bridgehead atoms. The topological polar surface area (TPSA) is 130 Å². The maximum atomic E-state index is 11.4. The van der Waals surface area contributed by atoms with Gasteiger partial charge in [0.1, 0.15) is 11.9 Å². The smallest absolute Gasteiger partial charge is 0.225 e. The molecule has 3 unspecified atom stereocenters. The fraction of sp³-hybridized carbons (Fsp3) is 0.450. The number of carbonyl (C=O) groups is 1.